The van der Waals surface area contributed by atoms with E-state index in [1.165, 1.54) is 0 Å². The van der Waals surface area contributed by atoms with Crippen molar-refractivity contribution in [2.75, 3.05) is 0 Å². The molecule has 0 aliphatic carbocycles. The fraction of sp³-hybridized carbons (Fsp3) is 0.400. The highest BCUT2D eigenvalue weighted by Gasteiger charge is 2.13. The highest BCUT2D eigenvalue weighted by molar-refractivity contribution is 7.99. The first-order valence-corrected chi connectivity index (χ1v) is 7.68. The number of nitrogens with zero attached hydrogens (tertiary/aromatic N) is 3. The first kappa shape index (κ1) is 14.6. The Labute approximate surface area is 123 Å². The first-order chi connectivity index (χ1) is 9.74. The molecule has 4 nitrogen and oxygen atoms in total. The number of thioether (sulfide) groups is 1. The van der Waals surface area contributed by atoms with Crippen LogP contribution in [-0.4, -0.2) is 15.4 Å². The predicted molar refractivity (Wildman–Crippen MR) is 80.1 cm³/mol. The molecule has 5 heteroatoms. The number of benzene rings is 1. The van der Waals surface area contributed by atoms with Gasteiger partial charge in [-0.15, -0.1) is 0 Å². The van der Waals surface area contributed by atoms with Crippen LogP contribution < -0.4 is 0 Å². The highest BCUT2D eigenvalue weighted by Crippen LogP contribution is 2.24. The van der Waals surface area contributed by atoms with Crippen LogP contribution >= 0.6 is 11.8 Å². The number of hydrogen-bond donors (Lipinski definition) is 0. The van der Waals surface area contributed by atoms with Gasteiger partial charge < -0.3 is 4.52 Å². The lowest BCUT2D eigenvalue weighted by Crippen LogP contribution is -1.95. The average Bonchev–Trinajstić information content (AvgIpc) is 2.94. The third-order valence-corrected chi connectivity index (χ3v) is 4.38. The van der Waals surface area contributed by atoms with Crippen molar-refractivity contribution in [3.05, 3.63) is 35.7 Å². The van der Waals surface area contributed by atoms with Gasteiger partial charge >= 0.3 is 0 Å². The molecule has 0 aliphatic rings. The molecule has 0 saturated carbocycles. The third kappa shape index (κ3) is 3.61. The van der Waals surface area contributed by atoms with Crippen molar-refractivity contribution < 1.29 is 4.52 Å². The SMILES string of the molecule is CCC(C)SCc1noc(-c2ccccc2CC#N)n1. The van der Waals surface area contributed by atoms with Gasteiger partial charge in [0.2, 0.25) is 0 Å². The summed E-state index contributed by atoms with van der Waals surface area (Å²) in [5.41, 5.74) is 1.76. The molecule has 0 bridgehead atoms. The molecule has 1 aromatic carbocycles. The maximum absolute atomic E-state index is 8.85. The molecule has 1 aromatic heterocycles. The lowest BCUT2D eigenvalue weighted by Gasteiger charge is -2.04. The van der Waals surface area contributed by atoms with E-state index in [2.05, 4.69) is 30.1 Å². The summed E-state index contributed by atoms with van der Waals surface area (Å²) < 4.78 is 5.32. The van der Waals surface area contributed by atoms with Gasteiger partial charge in [-0.3, -0.25) is 0 Å². The van der Waals surface area contributed by atoms with Crippen LogP contribution in [0.15, 0.2) is 28.8 Å². The van der Waals surface area contributed by atoms with Crippen molar-refractivity contribution in [2.45, 2.75) is 37.7 Å². The zero-order valence-electron chi connectivity index (χ0n) is 11.7. The molecular weight excluding hydrogens is 270 g/mol. The van der Waals surface area contributed by atoms with Gasteiger partial charge in [-0.2, -0.15) is 22.0 Å². The minimum Gasteiger partial charge on any atom is -0.334 e. The zero-order chi connectivity index (χ0) is 14.4. The van der Waals surface area contributed by atoms with Crippen molar-refractivity contribution >= 4 is 11.8 Å². The van der Waals surface area contributed by atoms with E-state index < -0.39 is 0 Å². The lowest BCUT2D eigenvalue weighted by atomic mass is 10.1. The molecule has 1 atom stereocenters. The van der Waals surface area contributed by atoms with E-state index in [1.54, 1.807) is 0 Å². The largest absolute Gasteiger partial charge is 0.334 e. The van der Waals surface area contributed by atoms with E-state index in [9.17, 15) is 0 Å². The minimum absolute atomic E-state index is 0.343. The van der Waals surface area contributed by atoms with Crippen molar-refractivity contribution in [1.82, 2.24) is 10.1 Å². The summed E-state index contributed by atoms with van der Waals surface area (Å²) in [6, 6.07) is 9.80. The molecule has 0 saturated heterocycles. The van der Waals surface area contributed by atoms with Crippen LogP contribution in [0.3, 0.4) is 0 Å². The minimum atomic E-state index is 0.343. The Morgan fingerprint density at radius 1 is 1.40 bits per heavy atom. The third-order valence-electron chi connectivity index (χ3n) is 3.06. The van der Waals surface area contributed by atoms with Gasteiger partial charge in [-0.25, -0.2) is 0 Å². The average molecular weight is 287 g/mol. The van der Waals surface area contributed by atoms with E-state index in [0.29, 0.717) is 23.4 Å². The summed E-state index contributed by atoms with van der Waals surface area (Å²) in [6.45, 7) is 4.35. The molecule has 0 amide bonds. The highest BCUT2D eigenvalue weighted by atomic mass is 32.2. The van der Waals surface area contributed by atoms with Gasteiger partial charge in [0.1, 0.15) is 0 Å². The maximum atomic E-state index is 8.85. The second kappa shape index (κ2) is 7.11. The maximum Gasteiger partial charge on any atom is 0.258 e. The molecule has 104 valence electrons. The number of rotatable bonds is 6. The zero-order valence-corrected chi connectivity index (χ0v) is 12.5. The van der Waals surface area contributed by atoms with Gasteiger partial charge in [0.15, 0.2) is 5.82 Å². The van der Waals surface area contributed by atoms with Gasteiger partial charge in [-0.1, -0.05) is 37.2 Å². The van der Waals surface area contributed by atoms with Gasteiger partial charge in [-0.05, 0) is 18.1 Å². The Kier molecular flexibility index (Phi) is 5.19. The van der Waals surface area contributed by atoms with Crippen molar-refractivity contribution in [3.63, 3.8) is 0 Å². The molecule has 0 radical (unpaired) electrons. The van der Waals surface area contributed by atoms with Crippen LogP contribution in [0.2, 0.25) is 0 Å². The molecular formula is C15H17N3OS. The van der Waals surface area contributed by atoms with E-state index in [1.807, 2.05) is 36.0 Å². The van der Waals surface area contributed by atoms with Crippen LogP contribution in [0.1, 0.15) is 31.7 Å². The molecule has 0 aliphatic heterocycles. The van der Waals surface area contributed by atoms with Crippen molar-refractivity contribution in [1.29, 1.82) is 5.26 Å². The normalized spacial score (nSPS) is 12.1. The fourth-order valence-corrected chi connectivity index (χ4v) is 2.51. The quantitative estimate of drug-likeness (QED) is 0.807. The van der Waals surface area contributed by atoms with Gasteiger partial charge in [0.05, 0.1) is 18.2 Å². The lowest BCUT2D eigenvalue weighted by molar-refractivity contribution is 0.425. The smallest absolute Gasteiger partial charge is 0.258 e. The molecule has 1 unspecified atom stereocenters. The van der Waals surface area contributed by atoms with Gasteiger partial charge in [0.25, 0.3) is 5.89 Å². The standard InChI is InChI=1S/C15H17N3OS/c1-3-11(2)20-10-14-17-15(19-18-14)13-7-5-4-6-12(13)8-9-16/h4-7,11H,3,8,10H2,1-2H3. The second-order valence-corrected chi connectivity index (χ2v) is 5.96. The Balaban J connectivity index is 2.15. The Morgan fingerprint density at radius 2 is 2.20 bits per heavy atom. The fourth-order valence-electron chi connectivity index (χ4n) is 1.72. The molecule has 0 spiro atoms. The van der Waals surface area contributed by atoms with Crippen LogP contribution in [-0.2, 0) is 12.2 Å². The number of aromatic nitrogens is 2. The van der Waals surface area contributed by atoms with E-state index in [0.717, 1.165) is 23.3 Å². The molecule has 0 N–H and O–H groups in total. The summed E-state index contributed by atoms with van der Waals surface area (Å²) in [5, 5.41) is 13.4. The Morgan fingerprint density at radius 3 is 2.95 bits per heavy atom. The summed E-state index contributed by atoms with van der Waals surface area (Å²) in [6.07, 6.45) is 1.47. The molecule has 2 rings (SSSR count). The summed E-state index contributed by atoms with van der Waals surface area (Å²) in [7, 11) is 0. The monoisotopic (exact) mass is 287 g/mol. The van der Waals surface area contributed by atoms with Crippen molar-refractivity contribution in [3.8, 4) is 17.5 Å². The van der Waals surface area contributed by atoms with Crippen LogP contribution in [0.25, 0.3) is 11.5 Å². The van der Waals surface area contributed by atoms with Crippen LogP contribution in [0.4, 0.5) is 0 Å². The molecule has 20 heavy (non-hydrogen) atoms. The topological polar surface area (TPSA) is 62.7 Å². The summed E-state index contributed by atoms with van der Waals surface area (Å²) in [5.74, 6) is 1.95. The summed E-state index contributed by atoms with van der Waals surface area (Å²) >= 11 is 1.82. The van der Waals surface area contributed by atoms with Crippen LogP contribution in [0.5, 0.6) is 0 Å². The second-order valence-electron chi connectivity index (χ2n) is 4.54. The molecule has 1 heterocycles. The Bertz CT molecular complexity index is 603. The first-order valence-electron chi connectivity index (χ1n) is 6.64. The van der Waals surface area contributed by atoms with E-state index in [4.69, 9.17) is 9.78 Å². The van der Waals surface area contributed by atoms with Crippen molar-refractivity contribution in [2.24, 2.45) is 0 Å². The number of hydrogen-bond acceptors (Lipinski definition) is 5. The molecule has 0 fully saturated rings. The van der Waals surface area contributed by atoms with Crippen LogP contribution in [0, 0.1) is 11.3 Å². The Hall–Kier alpha value is -1.80. The van der Waals surface area contributed by atoms with E-state index in [-0.39, 0.29) is 0 Å². The summed E-state index contributed by atoms with van der Waals surface area (Å²) in [4.78, 5) is 4.42. The number of nitriles is 1. The van der Waals surface area contributed by atoms with E-state index >= 15 is 0 Å². The molecule has 2 aromatic rings. The predicted octanol–water partition coefficient (Wildman–Crippen LogP) is 3.83. The van der Waals surface area contributed by atoms with Gasteiger partial charge in [0, 0.05) is 10.8 Å².